The highest BCUT2D eigenvalue weighted by atomic mass is 16.6. The molecule has 0 unspecified atom stereocenters. The van der Waals surface area contributed by atoms with Gasteiger partial charge in [0.15, 0.2) is 0 Å². The molecule has 7 heteroatoms. The molecule has 0 bridgehead atoms. The average molecular weight is 234 g/mol. The van der Waals surface area contributed by atoms with Crippen LogP contribution in [0, 0.1) is 10.1 Å². The summed E-state index contributed by atoms with van der Waals surface area (Å²) in [6.07, 6.45) is 1.93. The van der Waals surface area contributed by atoms with Gasteiger partial charge in [-0.05, 0) is 18.6 Å². The number of nitro groups is 1. The molecule has 1 aromatic carbocycles. The van der Waals surface area contributed by atoms with Crippen molar-refractivity contribution in [1.29, 1.82) is 0 Å². The highest BCUT2D eigenvalue weighted by Gasteiger charge is 2.17. The maximum Gasteiger partial charge on any atom is 0.295 e. The van der Waals surface area contributed by atoms with Crippen LogP contribution in [0.5, 0.6) is 0 Å². The van der Waals surface area contributed by atoms with Crippen LogP contribution in [0.3, 0.4) is 0 Å². The molecule has 88 valence electrons. The van der Waals surface area contributed by atoms with Crippen molar-refractivity contribution in [3.63, 3.8) is 0 Å². The van der Waals surface area contributed by atoms with E-state index in [9.17, 15) is 15.2 Å². The smallest absolute Gasteiger partial charge is 0.295 e. The van der Waals surface area contributed by atoms with E-state index in [1.807, 2.05) is 0 Å². The highest BCUT2D eigenvalue weighted by Crippen LogP contribution is 2.26. The van der Waals surface area contributed by atoms with E-state index in [-0.39, 0.29) is 5.69 Å². The number of benzene rings is 1. The first kappa shape index (κ1) is 11.2. The molecule has 0 radical (unpaired) electrons. The third-order valence-electron chi connectivity index (χ3n) is 2.34. The van der Waals surface area contributed by atoms with Crippen LogP contribution in [0.1, 0.15) is 18.6 Å². The predicted molar refractivity (Wildman–Crippen MR) is 58.6 cm³/mol. The number of nitrogens with zero attached hydrogens (tertiary/aromatic N) is 4. The van der Waals surface area contributed by atoms with Gasteiger partial charge in [-0.25, -0.2) is 9.67 Å². The number of aliphatic hydroxyl groups excluding tert-OH is 1. The van der Waals surface area contributed by atoms with Crippen molar-refractivity contribution < 1.29 is 10.0 Å². The number of hydrogen-bond acceptors (Lipinski definition) is 5. The summed E-state index contributed by atoms with van der Waals surface area (Å²) in [5, 5.41) is 24.2. The first-order valence-electron chi connectivity index (χ1n) is 4.91. The zero-order chi connectivity index (χ0) is 12.4. The van der Waals surface area contributed by atoms with Crippen molar-refractivity contribution in [2.75, 3.05) is 0 Å². The van der Waals surface area contributed by atoms with E-state index < -0.39 is 11.0 Å². The summed E-state index contributed by atoms with van der Waals surface area (Å²) in [6, 6.07) is 4.49. The van der Waals surface area contributed by atoms with E-state index in [2.05, 4.69) is 10.1 Å². The molecule has 17 heavy (non-hydrogen) atoms. The van der Waals surface area contributed by atoms with E-state index in [0.29, 0.717) is 11.3 Å². The van der Waals surface area contributed by atoms with Crippen molar-refractivity contribution in [2.24, 2.45) is 0 Å². The molecule has 2 rings (SSSR count). The molecule has 1 heterocycles. The lowest BCUT2D eigenvalue weighted by Gasteiger charge is -2.07. The molecule has 1 aromatic heterocycles. The molecule has 0 aliphatic heterocycles. The first-order valence-corrected chi connectivity index (χ1v) is 4.91. The zero-order valence-electron chi connectivity index (χ0n) is 9.02. The number of rotatable bonds is 3. The van der Waals surface area contributed by atoms with Crippen LogP contribution >= 0.6 is 0 Å². The van der Waals surface area contributed by atoms with Gasteiger partial charge in [-0.2, -0.15) is 5.10 Å². The summed E-state index contributed by atoms with van der Waals surface area (Å²) in [7, 11) is 0. The minimum absolute atomic E-state index is 0.117. The van der Waals surface area contributed by atoms with Crippen LogP contribution in [-0.4, -0.2) is 24.8 Å². The third kappa shape index (κ3) is 2.13. The Hall–Kier alpha value is -2.28. The van der Waals surface area contributed by atoms with Crippen LogP contribution < -0.4 is 0 Å². The Morgan fingerprint density at radius 3 is 2.82 bits per heavy atom. The van der Waals surface area contributed by atoms with Gasteiger partial charge in [-0.3, -0.25) is 10.1 Å². The largest absolute Gasteiger partial charge is 0.389 e. The molecule has 0 fully saturated rings. The van der Waals surface area contributed by atoms with Crippen molar-refractivity contribution in [1.82, 2.24) is 14.8 Å². The Morgan fingerprint density at radius 1 is 1.53 bits per heavy atom. The lowest BCUT2D eigenvalue weighted by molar-refractivity contribution is -0.384. The summed E-state index contributed by atoms with van der Waals surface area (Å²) in [5.41, 5.74) is 0.686. The quantitative estimate of drug-likeness (QED) is 0.636. The van der Waals surface area contributed by atoms with Crippen LogP contribution in [0.15, 0.2) is 30.9 Å². The fraction of sp³-hybridized carbons (Fsp3) is 0.200. The topological polar surface area (TPSA) is 94.1 Å². The molecule has 0 aliphatic carbocycles. The Kier molecular flexibility index (Phi) is 2.84. The van der Waals surface area contributed by atoms with Gasteiger partial charge in [0.2, 0.25) is 0 Å². The summed E-state index contributed by atoms with van der Waals surface area (Å²) < 4.78 is 1.31. The summed E-state index contributed by atoms with van der Waals surface area (Å²) >= 11 is 0. The SMILES string of the molecule is C[C@H](O)c1ccc(-n2cncn2)c([N+](=O)[O-])c1. The lowest BCUT2D eigenvalue weighted by atomic mass is 10.1. The zero-order valence-corrected chi connectivity index (χ0v) is 9.02. The second-order valence-electron chi connectivity index (χ2n) is 3.52. The first-order chi connectivity index (χ1) is 8.09. The Bertz CT molecular complexity index is 536. The van der Waals surface area contributed by atoms with Gasteiger partial charge < -0.3 is 5.11 Å². The molecule has 0 spiro atoms. The van der Waals surface area contributed by atoms with Gasteiger partial charge in [0.1, 0.15) is 18.3 Å². The summed E-state index contributed by atoms with van der Waals surface area (Å²) in [5.74, 6) is 0. The molecule has 1 N–H and O–H groups in total. The van der Waals surface area contributed by atoms with Crippen molar-refractivity contribution in [3.05, 3.63) is 46.5 Å². The van der Waals surface area contributed by atoms with Gasteiger partial charge in [-0.15, -0.1) is 0 Å². The van der Waals surface area contributed by atoms with Gasteiger partial charge in [-0.1, -0.05) is 6.07 Å². The molecule has 1 atom stereocenters. The van der Waals surface area contributed by atoms with E-state index in [1.54, 1.807) is 13.0 Å². The second-order valence-corrected chi connectivity index (χ2v) is 3.52. The van der Waals surface area contributed by atoms with Crippen LogP contribution in [0.25, 0.3) is 5.69 Å². The van der Waals surface area contributed by atoms with E-state index in [0.717, 1.165) is 0 Å². The Labute approximate surface area is 96.5 Å². The number of hydrogen-bond donors (Lipinski definition) is 1. The van der Waals surface area contributed by atoms with Crippen LogP contribution in [0.2, 0.25) is 0 Å². The minimum Gasteiger partial charge on any atom is -0.389 e. The maximum absolute atomic E-state index is 11.0. The number of aromatic nitrogens is 3. The minimum atomic E-state index is -0.751. The Balaban J connectivity index is 2.57. The molecule has 2 aromatic rings. The van der Waals surface area contributed by atoms with Gasteiger partial charge in [0.25, 0.3) is 5.69 Å². The number of aliphatic hydroxyl groups is 1. The summed E-state index contributed by atoms with van der Waals surface area (Å²) in [4.78, 5) is 14.2. The molecule has 7 nitrogen and oxygen atoms in total. The monoisotopic (exact) mass is 234 g/mol. The van der Waals surface area contributed by atoms with Crippen LogP contribution in [-0.2, 0) is 0 Å². The van der Waals surface area contributed by atoms with E-state index in [4.69, 9.17) is 0 Å². The van der Waals surface area contributed by atoms with Gasteiger partial charge in [0.05, 0.1) is 11.0 Å². The third-order valence-corrected chi connectivity index (χ3v) is 2.34. The van der Waals surface area contributed by atoms with Crippen LogP contribution in [0.4, 0.5) is 5.69 Å². The average Bonchev–Trinajstić information content (AvgIpc) is 2.81. The van der Waals surface area contributed by atoms with Gasteiger partial charge >= 0.3 is 0 Å². The molecule has 0 saturated heterocycles. The van der Waals surface area contributed by atoms with Crippen molar-refractivity contribution in [2.45, 2.75) is 13.0 Å². The summed E-state index contributed by atoms with van der Waals surface area (Å²) in [6.45, 7) is 1.55. The number of nitro benzene ring substituents is 1. The fourth-order valence-corrected chi connectivity index (χ4v) is 1.47. The Morgan fingerprint density at radius 2 is 2.29 bits per heavy atom. The fourth-order valence-electron chi connectivity index (χ4n) is 1.47. The maximum atomic E-state index is 11.0. The molecule has 0 amide bonds. The highest BCUT2D eigenvalue weighted by molar-refractivity contribution is 5.53. The van der Waals surface area contributed by atoms with Gasteiger partial charge in [0, 0.05) is 6.07 Å². The van der Waals surface area contributed by atoms with E-state index in [1.165, 1.54) is 29.5 Å². The second kappa shape index (κ2) is 4.30. The predicted octanol–water partition coefficient (Wildman–Crippen LogP) is 1.23. The molecule has 0 saturated carbocycles. The lowest BCUT2D eigenvalue weighted by Crippen LogP contribution is -2.02. The molecular formula is C10H10N4O3. The normalized spacial score (nSPS) is 12.4. The molecule has 0 aliphatic rings. The van der Waals surface area contributed by atoms with Crippen molar-refractivity contribution >= 4 is 5.69 Å². The molecular weight excluding hydrogens is 224 g/mol. The standard InChI is InChI=1S/C10H10N4O3/c1-7(15)8-2-3-9(10(4-8)14(16)17)13-6-11-5-12-13/h2-7,15H,1H3/t7-/m0/s1. The van der Waals surface area contributed by atoms with E-state index >= 15 is 0 Å². The van der Waals surface area contributed by atoms with Crippen molar-refractivity contribution in [3.8, 4) is 5.69 Å².